The van der Waals surface area contributed by atoms with Crippen molar-refractivity contribution in [3.05, 3.63) is 12.7 Å². The van der Waals surface area contributed by atoms with E-state index in [1.165, 1.54) is 19.3 Å². The first-order valence-corrected chi connectivity index (χ1v) is 6.50. The zero-order chi connectivity index (χ0) is 12.0. The van der Waals surface area contributed by atoms with E-state index in [1.54, 1.807) is 0 Å². The standard InChI is InChI=1S/C14H27NO/c1-5-14(4,11-15-12(2)3)10-13-6-8-16-9-7-13/h5,12-13,15H,1,6-11H2,2-4H3. The third-order valence-corrected chi connectivity index (χ3v) is 3.50. The molecule has 0 spiro atoms. The van der Waals surface area contributed by atoms with Crippen LogP contribution < -0.4 is 5.32 Å². The highest BCUT2D eigenvalue weighted by Gasteiger charge is 2.26. The highest BCUT2D eigenvalue weighted by Crippen LogP contribution is 2.31. The van der Waals surface area contributed by atoms with Crippen LogP contribution >= 0.6 is 0 Å². The SMILES string of the molecule is C=CC(C)(CNC(C)C)CC1CCOCC1. The van der Waals surface area contributed by atoms with Crippen LogP contribution in [0.4, 0.5) is 0 Å². The molecular formula is C14H27NO. The molecule has 2 heteroatoms. The molecule has 1 aliphatic heterocycles. The Labute approximate surface area is 100 Å². The fourth-order valence-electron chi connectivity index (χ4n) is 2.27. The molecule has 1 unspecified atom stereocenters. The van der Waals surface area contributed by atoms with Crippen LogP contribution in [0.2, 0.25) is 0 Å². The molecule has 0 bridgehead atoms. The Morgan fingerprint density at radius 3 is 2.56 bits per heavy atom. The first-order valence-electron chi connectivity index (χ1n) is 6.50. The predicted molar refractivity (Wildman–Crippen MR) is 69.6 cm³/mol. The molecule has 2 nitrogen and oxygen atoms in total. The second kappa shape index (κ2) is 6.41. The van der Waals surface area contributed by atoms with Crippen LogP contribution in [-0.2, 0) is 4.74 Å². The second-order valence-electron chi connectivity index (χ2n) is 5.65. The molecule has 1 atom stereocenters. The van der Waals surface area contributed by atoms with Crippen molar-refractivity contribution < 1.29 is 4.74 Å². The average molecular weight is 225 g/mol. The summed E-state index contributed by atoms with van der Waals surface area (Å²) in [6.45, 7) is 13.6. The van der Waals surface area contributed by atoms with Gasteiger partial charge in [-0.3, -0.25) is 0 Å². The molecule has 16 heavy (non-hydrogen) atoms. The third kappa shape index (κ3) is 4.67. The second-order valence-corrected chi connectivity index (χ2v) is 5.65. The molecule has 1 heterocycles. The molecule has 0 aromatic rings. The summed E-state index contributed by atoms with van der Waals surface area (Å²) in [5.41, 5.74) is 0.228. The maximum absolute atomic E-state index is 5.40. The van der Waals surface area contributed by atoms with Gasteiger partial charge in [-0.25, -0.2) is 0 Å². The quantitative estimate of drug-likeness (QED) is 0.702. The maximum atomic E-state index is 5.40. The lowest BCUT2D eigenvalue weighted by Crippen LogP contribution is -2.36. The van der Waals surface area contributed by atoms with Crippen LogP contribution in [0.3, 0.4) is 0 Å². The van der Waals surface area contributed by atoms with Crippen molar-refractivity contribution >= 4 is 0 Å². The van der Waals surface area contributed by atoms with Crippen molar-refractivity contribution in [1.82, 2.24) is 5.32 Å². The van der Waals surface area contributed by atoms with Crippen LogP contribution in [-0.4, -0.2) is 25.8 Å². The van der Waals surface area contributed by atoms with Crippen molar-refractivity contribution in [1.29, 1.82) is 0 Å². The minimum Gasteiger partial charge on any atom is -0.381 e. The molecule has 1 saturated heterocycles. The normalized spacial score (nSPS) is 22.0. The number of nitrogens with one attached hydrogen (secondary N) is 1. The predicted octanol–water partition coefficient (Wildman–Crippen LogP) is 2.99. The summed E-state index contributed by atoms with van der Waals surface area (Å²) >= 11 is 0. The largest absolute Gasteiger partial charge is 0.381 e. The Morgan fingerprint density at radius 2 is 2.06 bits per heavy atom. The molecule has 1 N–H and O–H groups in total. The van der Waals surface area contributed by atoms with Crippen molar-refractivity contribution in [2.75, 3.05) is 19.8 Å². The van der Waals surface area contributed by atoms with E-state index in [4.69, 9.17) is 4.74 Å². The fraction of sp³-hybridized carbons (Fsp3) is 0.857. The Hall–Kier alpha value is -0.340. The zero-order valence-corrected chi connectivity index (χ0v) is 11.1. The molecule has 1 fully saturated rings. The highest BCUT2D eigenvalue weighted by atomic mass is 16.5. The molecule has 0 amide bonds. The van der Waals surface area contributed by atoms with E-state index >= 15 is 0 Å². The van der Waals surface area contributed by atoms with Gasteiger partial charge in [0.1, 0.15) is 0 Å². The van der Waals surface area contributed by atoms with E-state index in [0.29, 0.717) is 6.04 Å². The summed E-state index contributed by atoms with van der Waals surface area (Å²) in [6.07, 6.45) is 5.79. The van der Waals surface area contributed by atoms with Gasteiger partial charge >= 0.3 is 0 Å². The van der Waals surface area contributed by atoms with Crippen LogP contribution in [0, 0.1) is 11.3 Å². The summed E-state index contributed by atoms with van der Waals surface area (Å²) in [6, 6.07) is 0.550. The third-order valence-electron chi connectivity index (χ3n) is 3.50. The number of rotatable bonds is 6. The van der Waals surface area contributed by atoms with E-state index in [0.717, 1.165) is 25.7 Å². The van der Waals surface area contributed by atoms with E-state index in [-0.39, 0.29) is 5.41 Å². The fourth-order valence-corrected chi connectivity index (χ4v) is 2.27. The first kappa shape index (κ1) is 13.7. The number of ether oxygens (including phenoxy) is 1. The van der Waals surface area contributed by atoms with Gasteiger partial charge < -0.3 is 10.1 Å². The van der Waals surface area contributed by atoms with Gasteiger partial charge in [0, 0.05) is 25.8 Å². The van der Waals surface area contributed by atoms with Gasteiger partial charge in [-0.2, -0.15) is 0 Å². The monoisotopic (exact) mass is 225 g/mol. The van der Waals surface area contributed by atoms with Gasteiger partial charge in [0.05, 0.1) is 0 Å². The van der Waals surface area contributed by atoms with Crippen molar-refractivity contribution in [2.24, 2.45) is 11.3 Å². The van der Waals surface area contributed by atoms with E-state index < -0.39 is 0 Å². The molecule has 0 aromatic carbocycles. The molecule has 0 radical (unpaired) electrons. The molecule has 0 aromatic heterocycles. The van der Waals surface area contributed by atoms with Gasteiger partial charge in [0.15, 0.2) is 0 Å². The highest BCUT2D eigenvalue weighted by molar-refractivity contribution is 4.95. The van der Waals surface area contributed by atoms with E-state index in [1.807, 2.05) is 0 Å². The lowest BCUT2D eigenvalue weighted by Gasteiger charge is -2.33. The first-order chi connectivity index (χ1) is 7.56. The van der Waals surface area contributed by atoms with Crippen molar-refractivity contribution in [3.8, 4) is 0 Å². The smallest absolute Gasteiger partial charge is 0.0468 e. The molecular weight excluding hydrogens is 198 g/mol. The van der Waals surface area contributed by atoms with Crippen LogP contribution in [0.25, 0.3) is 0 Å². The summed E-state index contributed by atoms with van der Waals surface area (Å²) in [4.78, 5) is 0. The van der Waals surface area contributed by atoms with Gasteiger partial charge in [-0.15, -0.1) is 6.58 Å². The van der Waals surface area contributed by atoms with E-state index in [2.05, 4.69) is 38.7 Å². The minimum absolute atomic E-state index is 0.228. The Morgan fingerprint density at radius 1 is 1.44 bits per heavy atom. The number of hydrogen-bond acceptors (Lipinski definition) is 2. The van der Waals surface area contributed by atoms with Gasteiger partial charge in [0.2, 0.25) is 0 Å². The minimum atomic E-state index is 0.228. The molecule has 0 saturated carbocycles. The van der Waals surface area contributed by atoms with Crippen LogP contribution in [0.15, 0.2) is 12.7 Å². The summed E-state index contributed by atoms with van der Waals surface area (Å²) < 4.78 is 5.40. The van der Waals surface area contributed by atoms with Gasteiger partial charge in [0.25, 0.3) is 0 Å². The molecule has 94 valence electrons. The summed E-state index contributed by atoms with van der Waals surface area (Å²) in [7, 11) is 0. The van der Waals surface area contributed by atoms with Crippen molar-refractivity contribution in [2.45, 2.75) is 46.1 Å². The van der Waals surface area contributed by atoms with Gasteiger partial charge in [-0.05, 0) is 30.6 Å². The van der Waals surface area contributed by atoms with E-state index in [9.17, 15) is 0 Å². The van der Waals surface area contributed by atoms with Crippen LogP contribution in [0.1, 0.15) is 40.0 Å². The summed E-state index contributed by atoms with van der Waals surface area (Å²) in [5.74, 6) is 0.811. The van der Waals surface area contributed by atoms with Crippen molar-refractivity contribution in [3.63, 3.8) is 0 Å². The molecule has 1 rings (SSSR count). The number of hydrogen-bond donors (Lipinski definition) is 1. The Balaban J connectivity index is 2.41. The topological polar surface area (TPSA) is 21.3 Å². The lowest BCUT2D eigenvalue weighted by atomic mass is 9.78. The molecule has 0 aliphatic carbocycles. The Kier molecular flexibility index (Phi) is 5.50. The zero-order valence-electron chi connectivity index (χ0n) is 11.1. The van der Waals surface area contributed by atoms with Gasteiger partial charge in [-0.1, -0.05) is 26.8 Å². The van der Waals surface area contributed by atoms with Crippen LogP contribution in [0.5, 0.6) is 0 Å². The maximum Gasteiger partial charge on any atom is 0.0468 e. The molecule has 1 aliphatic rings. The summed E-state index contributed by atoms with van der Waals surface area (Å²) in [5, 5.41) is 3.52. The lowest BCUT2D eigenvalue weighted by molar-refractivity contribution is 0.0540. The Bertz CT molecular complexity index is 209. The average Bonchev–Trinajstić information content (AvgIpc) is 2.28.